The molecule has 0 spiro atoms. The molecule has 0 bridgehead atoms. The predicted molar refractivity (Wildman–Crippen MR) is 63.4 cm³/mol. The topological polar surface area (TPSA) is 48.2 Å². The third-order valence-electron chi connectivity index (χ3n) is 3.54. The average Bonchev–Trinajstić information content (AvgIpc) is 2.72. The zero-order valence-electron chi connectivity index (χ0n) is 9.47. The van der Waals surface area contributed by atoms with Gasteiger partial charge in [0.15, 0.2) is 0 Å². The first-order chi connectivity index (χ1) is 7.88. The van der Waals surface area contributed by atoms with Crippen LogP contribution in [-0.4, -0.2) is 20.7 Å². The molecule has 1 aliphatic rings. The van der Waals surface area contributed by atoms with Crippen LogP contribution in [0.4, 0.5) is 0 Å². The van der Waals surface area contributed by atoms with Crippen molar-refractivity contribution in [1.29, 1.82) is 0 Å². The fourth-order valence-electron chi connectivity index (χ4n) is 2.30. The molecule has 2 aromatic rings. The Morgan fingerprint density at radius 3 is 2.94 bits per heavy atom. The summed E-state index contributed by atoms with van der Waals surface area (Å²) in [7, 11) is 0. The Morgan fingerprint density at radius 2 is 2.25 bits per heavy atom. The van der Waals surface area contributed by atoms with Crippen molar-refractivity contribution in [3.05, 3.63) is 24.2 Å². The Bertz CT molecular complexity index is 478. The molecule has 1 fully saturated rings. The van der Waals surface area contributed by atoms with E-state index in [0.29, 0.717) is 5.92 Å². The highest BCUT2D eigenvalue weighted by Crippen LogP contribution is 2.35. The Balaban J connectivity index is 1.88. The van der Waals surface area contributed by atoms with Crippen molar-refractivity contribution in [1.82, 2.24) is 14.2 Å². The van der Waals surface area contributed by atoms with Gasteiger partial charge in [-0.25, -0.2) is 4.52 Å². The van der Waals surface area contributed by atoms with Crippen molar-refractivity contribution >= 4 is 5.65 Å². The Labute approximate surface area is 95.0 Å². The van der Waals surface area contributed by atoms with Gasteiger partial charge in [0.25, 0.3) is 0 Å². The summed E-state index contributed by atoms with van der Waals surface area (Å²) in [6.07, 6.45) is 9.12. The minimum atomic E-state index is 0.711. The number of imidazole rings is 1. The third-order valence-corrected chi connectivity index (χ3v) is 3.54. The van der Waals surface area contributed by atoms with Crippen LogP contribution < -0.4 is 5.73 Å². The average molecular weight is 218 g/mol. The van der Waals surface area contributed by atoms with Gasteiger partial charge in [-0.3, -0.25) is 0 Å². The van der Waals surface area contributed by atoms with Gasteiger partial charge in [-0.05, 0) is 25.8 Å². The highest BCUT2D eigenvalue weighted by Gasteiger charge is 2.22. The van der Waals surface area contributed by atoms with Crippen LogP contribution in [0.15, 0.2) is 18.5 Å². The molecule has 2 heterocycles. The van der Waals surface area contributed by atoms with E-state index in [4.69, 9.17) is 5.73 Å². The number of aromatic nitrogens is 3. The number of fused-ring (bicyclic) bond motifs is 1. The van der Waals surface area contributed by atoms with E-state index in [-0.39, 0.29) is 0 Å². The maximum absolute atomic E-state index is 5.54. The molecule has 0 radical (unpaired) electrons. The first kappa shape index (κ1) is 9.90. The smallest absolute Gasteiger partial charge is 0.136 e. The molecule has 0 aromatic carbocycles. The van der Waals surface area contributed by atoms with Gasteiger partial charge in [0.1, 0.15) is 5.65 Å². The highest BCUT2D eigenvalue weighted by molar-refractivity contribution is 5.42. The number of hydrogen-bond acceptors (Lipinski definition) is 2. The molecule has 0 atom stereocenters. The van der Waals surface area contributed by atoms with E-state index in [1.165, 1.54) is 30.6 Å². The summed E-state index contributed by atoms with van der Waals surface area (Å²) in [6.45, 7) is 1.73. The standard InChI is InChI=1S/C12H18N4/c13-5-2-6-15-7-8-16-12(15)9-11(14-16)10-3-1-4-10/h7-10H,1-6,13H2. The van der Waals surface area contributed by atoms with E-state index in [1.807, 2.05) is 10.7 Å². The lowest BCUT2D eigenvalue weighted by Gasteiger charge is -2.22. The number of hydrogen-bond donors (Lipinski definition) is 1. The maximum Gasteiger partial charge on any atom is 0.136 e. The van der Waals surface area contributed by atoms with Crippen molar-refractivity contribution in [2.75, 3.05) is 6.54 Å². The van der Waals surface area contributed by atoms with Crippen molar-refractivity contribution in [3.8, 4) is 0 Å². The largest absolute Gasteiger partial charge is 0.331 e. The molecule has 4 heteroatoms. The monoisotopic (exact) mass is 218 g/mol. The molecule has 0 unspecified atom stereocenters. The van der Waals surface area contributed by atoms with E-state index < -0.39 is 0 Å². The second-order valence-corrected chi connectivity index (χ2v) is 4.63. The first-order valence-corrected chi connectivity index (χ1v) is 6.13. The van der Waals surface area contributed by atoms with Crippen LogP contribution in [-0.2, 0) is 6.54 Å². The lowest BCUT2D eigenvalue weighted by molar-refractivity contribution is 0.409. The van der Waals surface area contributed by atoms with Gasteiger partial charge in [0.2, 0.25) is 0 Å². The van der Waals surface area contributed by atoms with Crippen molar-refractivity contribution in [3.63, 3.8) is 0 Å². The molecular weight excluding hydrogens is 200 g/mol. The van der Waals surface area contributed by atoms with E-state index in [1.54, 1.807) is 0 Å². The van der Waals surface area contributed by atoms with Gasteiger partial charge >= 0.3 is 0 Å². The fraction of sp³-hybridized carbons (Fsp3) is 0.583. The second kappa shape index (κ2) is 3.94. The zero-order valence-corrected chi connectivity index (χ0v) is 9.47. The predicted octanol–water partition coefficient (Wildman–Crippen LogP) is 1.75. The van der Waals surface area contributed by atoms with Crippen LogP contribution in [0.1, 0.15) is 37.3 Å². The molecule has 1 saturated carbocycles. The molecule has 0 aliphatic heterocycles. The van der Waals surface area contributed by atoms with E-state index in [2.05, 4.69) is 21.9 Å². The van der Waals surface area contributed by atoms with Crippen LogP contribution in [0.5, 0.6) is 0 Å². The zero-order chi connectivity index (χ0) is 11.0. The summed E-state index contributed by atoms with van der Waals surface area (Å²) in [5.74, 6) is 0.711. The van der Waals surface area contributed by atoms with Crippen molar-refractivity contribution in [2.24, 2.45) is 5.73 Å². The van der Waals surface area contributed by atoms with E-state index in [9.17, 15) is 0 Å². The summed E-state index contributed by atoms with van der Waals surface area (Å²) < 4.78 is 4.23. The van der Waals surface area contributed by atoms with Gasteiger partial charge in [0.05, 0.1) is 5.69 Å². The van der Waals surface area contributed by atoms with Gasteiger partial charge in [-0.2, -0.15) is 5.10 Å². The molecule has 16 heavy (non-hydrogen) atoms. The van der Waals surface area contributed by atoms with Crippen LogP contribution in [0.2, 0.25) is 0 Å². The number of rotatable bonds is 4. The molecule has 3 rings (SSSR count). The summed E-state index contributed by atoms with van der Waals surface area (Å²) in [4.78, 5) is 0. The summed E-state index contributed by atoms with van der Waals surface area (Å²) >= 11 is 0. The normalized spacial score (nSPS) is 16.8. The lowest BCUT2D eigenvalue weighted by atomic mass is 9.83. The first-order valence-electron chi connectivity index (χ1n) is 6.13. The molecule has 86 valence electrons. The fourth-order valence-corrected chi connectivity index (χ4v) is 2.30. The summed E-state index contributed by atoms with van der Waals surface area (Å²) in [5.41, 5.74) is 8.01. The van der Waals surface area contributed by atoms with Gasteiger partial charge in [-0.15, -0.1) is 0 Å². The SMILES string of the molecule is NCCCn1ccn2nc(C3CCC3)cc12. The highest BCUT2D eigenvalue weighted by atomic mass is 15.3. The van der Waals surface area contributed by atoms with Gasteiger partial charge in [-0.1, -0.05) is 6.42 Å². The number of nitrogens with two attached hydrogens (primary N) is 1. The van der Waals surface area contributed by atoms with Crippen LogP contribution >= 0.6 is 0 Å². The van der Waals surface area contributed by atoms with Crippen LogP contribution in [0, 0.1) is 0 Å². The van der Waals surface area contributed by atoms with Crippen LogP contribution in [0.3, 0.4) is 0 Å². The van der Waals surface area contributed by atoms with Gasteiger partial charge < -0.3 is 10.3 Å². The minimum absolute atomic E-state index is 0.711. The summed E-state index contributed by atoms with van der Waals surface area (Å²) in [5, 5.41) is 4.63. The number of aryl methyl sites for hydroxylation is 1. The van der Waals surface area contributed by atoms with Crippen molar-refractivity contribution < 1.29 is 0 Å². The third kappa shape index (κ3) is 1.53. The summed E-state index contributed by atoms with van der Waals surface area (Å²) in [6, 6.07) is 2.24. The number of nitrogens with zero attached hydrogens (tertiary/aromatic N) is 3. The van der Waals surface area contributed by atoms with Crippen LogP contribution in [0.25, 0.3) is 5.65 Å². The maximum atomic E-state index is 5.54. The Morgan fingerprint density at radius 1 is 1.38 bits per heavy atom. The molecular formula is C12H18N4. The quantitative estimate of drug-likeness (QED) is 0.850. The van der Waals surface area contributed by atoms with E-state index >= 15 is 0 Å². The molecule has 2 aromatic heterocycles. The molecule has 4 nitrogen and oxygen atoms in total. The Hall–Kier alpha value is -1.29. The van der Waals surface area contributed by atoms with Gasteiger partial charge in [0, 0.05) is 30.9 Å². The second-order valence-electron chi connectivity index (χ2n) is 4.63. The molecule has 0 saturated heterocycles. The molecule has 0 amide bonds. The van der Waals surface area contributed by atoms with Crippen molar-refractivity contribution in [2.45, 2.75) is 38.1 Å². The lowest BCUT2D eigenvalue weighted by Crippen LogP contribution is -2.09. The van der Waals surface area contributed by atoms with E-state index in [0.717, 1.165) is 19.5 Å². The Kier molecular flexibility index (Phi) is 2.44. The molecule has 2 N–H and O–H groups in total. The molecule has 1 aliphatic carbocycles. The minimum Gasteiger partial charge on any atom is -0.331 e.